The van der Waals surface area contributed by atoms with Gasteiger partial charge < -0.3 is 10.1 Å². The van der Waals surface area contributed by atoms with E-state index in [1.807, 2.05) is 6.92 Å². The predicted octanol–water partition coefficient (Wildman–Crippen LogP) is 3.24. The lowest BCUT2D eigenvalue weighted by Gasteiger charge is -2.13. The lowest BCUT2D eigenvalue weighted by Crippen LogP contribution is -2.10. The van der Waals surface area contributed by atoms with E-state index in [4.69, 9.17) is 4.74 Å². The largest absolute Gasteiger partial charge is 0.476 e. The van der Waals surface area contributed by atoms with Gasteiger partial charge in [-0.25, -0.2) is 9.97 Å². The van der Waals surface area contributed by atoms with Crippen molar-refractivity contribution in [3.63, 3.8) is 0 Å². The summed E-state index contributed by atoms with van der Waals surface area (Å²) < 4.78 is 6.59. The fraction of sp³-hybridized carbons (Fsp3) is 0.667. The highest BCUT2D eigenvalue weighted by Crippen LogP contribution is 2.30. The number of hydrogen-bond acceptors (Lipinski definition) is 4. The van der Waals surface area contributed by atoms with Gasteiger partial charge in [0.05, 0.1) is 6.61 Å². The summed E-state index contributed by atoms with van der Waals surface area (Å²) in [5, 5.41) is 3.17. The summed E-state index contributed by atoms with van der Waals surface area (Å²) in [5.41, 5.74) is 0. The first kappa shape index (κ1) is 12.6. The van der Waals surface area contributed by atoms with Crippen molar-refractivity contribution in [2.24, 2.45) is 5.92 Å². The third-order valence-electron chi connectivity index (χ3n) is 3.03. The van der Waals surface area contributed by atoms with Gasteiger partial charge in [0, 0.05) is 6.54 Å². The van der Waals surface area contributed by atoms with E-state index >= 15 is 0 Å². The minimum absolute atomic E-state index is 0.642. The molecule has 4 nitrogen and oxygen atoms in total. The molecule has 2 rings (SSSR count). The van der Waals surface area contributed by atoms with Gasteiger partial charge >= 0.3 is 0 Å². The normalized spacial score (nSPS) is 16.1. The molecule has 1 aliphatic carbocycles. The molecule has 1 saturated carbocycles. The van der Waals surface area contributed by atoms with Crippen molar-refractivity contribution in [3.8, 4) is 5.88 Å². The molecule has 1 N–H and O–H groups in total. The Hall–Kier alpha value is -0.840. The van der Waals surface area contributed by atoms with E-state index in [2.05, 4.69) is 31.2 Å². The van der Waals surface area contributed by atoms with E-state index in [0.29, 0.717) is 11.8 Å². The molecular weight excluding hydrogens is 282 g/mol. The summed E-state index contributed by atoms with van der Waals surface area (Å²) in [4.78, 5) is 8.32. The molecule has 17 heavy (non-hydrogen) atoms. The molecule has 0 aromatic carbocycles. The van der Waals surface area contributed by atoms with Gasteiger partial charge in [-0.15, -0.1) is 0 Å². The van der Waals surface area contributed by atoms with Crippen LogP contribution < -0.4 is 10.1 Å². The molecule has 0 saturated heterocycles. The monoisotopic (exact) mass is 299 g/mol. The quantitative estimate of drug-likeness (QED) is 0.907. The van der Waals surface area contributed by atoms with E-state index in [1.165, 1.54) is 32.0 Å². The molecular formula is C12H18BrN3O. The van der Waals surface area contributed by atoms with E-state index < -0.39 is 0 Å². The van der Waals surface area contributed by atoms with Crippen LogP contribution in [0.15, 0.2) is 10.8 Å². The smallest absolute Gasteiger partial charge is 0.233 e. The highest BCUT2D eigenvalue weighted by molar-refractivity contribution is 9.10. The Balaban J connectivity index is 1.97. The first-order valence-electron chi connectivity index (χ1n) is 6.18. The topological polar surface area (TPSA) is 47.0 Å². The van der Waals surface area contributed by atoms with Crippen LogP contribution in [0.25, 0.3) is 0 Å². The fourth-order valence-electron chi connectivity index (χ4n) is 2.12. The highest BCUT2D eigenvalue weighted by Gasteiger charge is 2.17. The second kappa shape index (κ2) is 6.19. The van der Waals surface area contributed by atoms with E-state index in [1.54, 1.807) is 0 Å². The molecule has 1 aromatic rings. The van der Waals surface area contributed by atoms with Crippen LogP contribution in [-0.2, 0) is 0 Å². The summed E-state index contributed by atoms with van der Waals surface area (Å²) in [5.74, 6) is 2.13. The number of aromatic nitrogens is 2. The number of anilines is 1. The number of halogens is 1. The van der Waals surface area contributed by atoms with Crippen molar-refractivity contribution >= 4 is 21.7 Å². The summed E-state index contributed by atoms with van der Waals surface area (Å²) in [7, 11) is 0. The maximum atomic E-state index is 5.77. The van der Waals surface area contributed by atoms with Gasteiger partial charge in [-0.2, -0.15) is 0 Å². The van der Waals surface area contributed by atoms with Crippen LogP contribution >= 0.6 is 15.9 Å². The maximum Gasteiger partial charge on any atom is 0.233 e. The zero-order chi connectivity index (χ0) is 12.1. The van der Waals surface area contributed by atoms with Crippen LogP contribution in [0.4, 0.5) is 5.82 Å². The Bertz CT molecular complexity index is 367. The van der Waals surface area contributed by atoms with Crippen molar-refractivity contribution < 1.29 is 4.74 Å². The lowest BCUT2D eigenvalue weighted by molar-refractivity contribution is 0.242. The number of nitrogens with zero attached hydrogens (tertiary/aromatic N) is 2. The number of rotatable bonds is 5. The Morgan fingerprint density at radius 2 is 2.18 bits per heavy atom. The van der Waals surface area contributed by atoms with Gasteiger partial charge in [0.15, 0.2) is 0 Å². The summed E-state index contributed by atoms with van der Waals surface area (Å²) in [6.45, 7) is 3.63. The van der Waals surface area contributed by atoms with Crippen LogP contribution in [0.3, 0.4) is 0 Å². The van der Waals surface area contributed by atoms with Crippen LogP contribution in [0.1, 0.15) is 32.6 Å². The lowest BCUT2D eigenvalue weighted by atomic mass is 10.1. The van der Waals surface area contributed by atoms with Gasteiger partial charge in [-0.1, -0.05) is 12.8 Å². The molecule has 0 spiro atoms. The van der Waals surface area contributed by atoms with Gasteiger partial charge in [0.1, 0.15) is 16.6 Å². The third-order valence-corrected chi connectivity index (χ3v) is 3.75. The molecule has 94 valence electrons. The van der Waals surface area contributed by atoms with Crippen LogP contribution in [-0.4, -0.2) is 23.1 Å². The Morgan fingerprint density at radius 3 is 2.88 bits per heavy atom. The summed E-state index contributed by atoms with van der Waals surface area (Å²) >= 11 is 3.48. The van der Waals surface area contributed by atoms with Crippen molar-refractivity contribution in [1.29, 1.82) is 0 Å². The van der Waals surface area contributed by atoms with Crippen molar-refractivity contribution in [1.82, 2.24) is 9.97 Å². The molecule has 0 amide bonds. The van der Waals surface area contributed by atoms with E-state index in [0.717, 1.165) is 23.4 Å². The minimum Gasteiger partial charge on any atom is -0.476 e. The standard InChI is InChI=1S/C12H18BrN3O/c1-2-14-11-10(13)12(16-8-15-11)17-7-9-5-3-4-6-9/h8-9H,2-7H2,1H3,(H,14,15,16). The zero-order valence-corrected chi connectivity index (χ0v) is 11.7. The molecule has 5 heteroatoms. The number of ether oxygens (including phenoxy) is 1. The molecule has 0 bridgehead atoms. The number of nitrogens with one attached hydrogen (secondary N) is 1. The highest BCUT2D eigenvalue weighted by atomic mass is 79.9. The van der Waals surface area contributed by atoms with Gasteiger partial charge in [0.2, 0.25) is 5.88 Å². The maximum absolute atomic E-state index is 5.77. The zero-order valence-electron chi connectivity index (χ0n) is 10.1. The molecule has 1 aliphatic rings. The second-order valence-corrected chi connectivity index (χ2v) is 5.13. The molecule has 1 aromatic heterocycles. The minimum atomic E-state index is 0.642. The average Bonchev–Trinajstić information content (AvgIpc) is 2.83. The first-order chi connectivity index (χ1) is 8.31. The van der Waals surface area contributed by atoms with E-state index in [9.17, 15) is 0 Å². The van der Waals surface area contributed by atoms with Crippen LogP contribution in [0.2, 0.25) is 0 Å². The summed E-state index contributed by atoms with van der Waals surface area (Å²) in [6.07, 6.45) is 6.77. The van der Waals surface area contributed by atoms with Gasteiger partial charge in [0.25, 0.3) is 0 Å². The van der Waals surface area contributed by atoms with Gasteiger partial charge in [-0.3, -0.25) is 0 Å². The molecule has 1 fully saturated rings. The van der Waals surface area contributed by atoms with E-state index in [-0.39, 0.29) is 0 Å². The fourth-order valence-corrected chi connectivity index (χ4v) is 2.58. The SMILES string of the molecule is CCNc1ncnc(OCC2CCCC2)c1Br. The number of hydrogen-bond donors (Lipinski definition) is 1. The third kappa shape index (κ3) is 3.31. The molecule has 0 radical (unpaired) electrons. The van der Waals surface area contributed by atoms with Crippen LogP contribution in [0, 0.1) is 5.92 Å². The molecule has 0 aliphatic heterocycles. The molecule has 0 unspecified atom stereocenters. The van der Waals surface area contributed by atoms with Crippen molar-refractivity contribution in [2.45, 2.75) is 32.6 Å². The first-order valence-corrected chi connectivity index (χ1v) is 6.97. The van der Waals surface area contributed by atoms with Crippen molar-refractivity contribution in [3.05, 3.63) is 10.8 Å². The molecule has 1 heterocycles. The van der Waals surface area contributed by atoms with Crippen LogP contribution in [0.5, 0.6) is 5.88 Å². The predicted molar refractivity (Wildman–Crippen MR) is 71.3 cm³/mol. The Labute approximate surface area is 110 Å². The molecule has 0 atom stereocenters. The van der Waals surface area contributed by atoms with Crippen molar-refractivity contribution in [2.75, 3.05) is 18.5 Å². The Morgan fingerprint density at radius 1 is 1.41 bits per heavy atom. The van der Waals surface area contributed by atoms with Gasteiger partial charge in [-0.05, 0) is 41.6 Å². The second-order valence-electron chi connectivity index (χ2n) is 4.33. The Kier molecular flexibility index (Phi) is 4.59. The average molecular weight is 300 g/mol. The summed E-state index contributed by atoms with van der Waals surface area (Å²) in [6, 6.07) is 0.